The second kappa shape index (κ2) is 11.3. The molecular formula is C23H29ClN2O5S. The van der Waals surface area contributed by atoms with Gasteiger partial charge in [-0.25, -0.2) is 9.00 Å². The predicted molar refractivity (Wildman–Crippen MR) is 126 cm³/mol. The van der Waals surface area contributed by atoms with Gasteiger partial charge in [-0.2, -0.15) is 4.36 Å². The highest BCUT2D eigenvalue weighted by atomic mass is 35.5. The van der Waals surface area contributed by atoms with E-state index in [1.54, 1.807) is 69.3 Å². The first-order valence-corrected chi connectivity index (χ1v) is 11.8. The van der Waals surface area contributed by atoms with Crippen molar-refractivity contribution >= 4 is 34.2 Å². The van der Waals surface area contributed by atoms with Crippen LogP contribution in [0.3, 0.4) is 0 Å². The lowest BCUT2D eigenvalue weighted by molar-refractivity contribution is -0.120. The SMILES string of the molecule is CC[C@H](C)[C@H](NC(=O)OC(C)(C)C)C(=O)/N=[SH](=O)/c1cccc(Oc2ccc(Cl)cc2)c1. The Hall–Kier alpha value is -2.58. The van der Waals surface area contributed by atoms with Crippen LogP contribution in [0.25, 0.3) is 0 Å². The van der Waals surface area contributed by atoms with Crippen LogP contribution in [-0.4, -0.2) is 27.9 Å². The highest BCUT2D eigenvalue weighted by Gasteiger charge is 2.28. The molecule has 0 bridgehead atoms. The molecule has 2 amide bonds. The number of nitrogens with zero attached hydrogens (tertiary/aromatic N) is 1. The fourth-order valence-corrected chi connectivity index (χ4v) is 3.63. The summed E-state index contributed by atoms with van der Waals surface area (Å²) >= 11 is 5.88. The van der Waals surface area contributed by atoms with Crippen LogP contribution in [0.5, 0.6) is 11.5 Å². The van der Waals surface area contributed by atoms with Gasteiger partial charge in [0.25, 0.3) is 5.91 Å². The van der Waals surface area contributed by atoms with E-state index in [9.17, 15) is 13.8 Å². The molecule has 2 aromatic carbocycles. The number of rotatable bonds is 7. The molecule has 9 heteroatoms. The number of carbonyl (C=O) groups is 2. The number of ether oxygens (including phenoxy) is 2. The third-order valence-corrected chi connectivity index (χ3v) is 5.78. The summed E-state index contributed by atoms with van der Waals surface area (Å²) in [5.41, 5.74) is -0.708. The Balaban J connectivity index is 2.19. The number of hydrogen-bond acceptors (Lipinski definition) is 5. The molecule has 3 atom stereocenters. The third kappa shape index (κ3) is 8.16. The van der Waals surface area contributed by atoms with Crippen LogP contribution in [0.15, 0.2) is 57.8 Å². The molecule has 0 aliphatic rings. The fraction of sp³-hybridized carbons (Fsp3) is 0.391. The van der Waals surface area contributed by atoms with Gasteiger partial charge in [-0.3, -0.25) is 4.79 Å². The van der Waals surface area contributed by atoms with Gasteiger partial charge in [0.05, 0.1) is 10.6 Å². The van der Waals surface area contributed by atoms with Crippen molar-refractivity contribution < 1.29 is 23.3 Å². The van der Waals surface area contributed by atoms with Crippen molar-refractivity contribution in [3.63, 3.8) is 0 Å². The lowest BCUT2D eigenvalue weighted by Crippen LogP contribution is -2.46. The van der Waals surface area contributed by atoms with Gasteiger partial charge in [-0.1, -0.05) is 37.9 Å². The Morgan fingerprint density at radius 3 is 2.38 bits per heavy atom. The minimum absolute atomic E-state index is 0.221. The van der Waals surface area contributed by atoms with Gasteiger partial charge in [0.1, 0.15) is 23.1 Å². The van der Waals surface area contributed by atoms with Crippen molar-refractivity contribution in [3.05, 3.63) is 53.6 Å². The molecule has 0 aliphatic heterocycles. The third-order valence-electron chi connectivity index (χ3n) is 4.43. The zero-order chi connectivity index (χ0) is 23.9. The largest absolute Gasteiger partial charge is 0.457 e. The molecule has 0 aromatic heterocycles. The summed E-state index contributed by atoms with van der Waals surface area (Å²) in [4.78, 5) is 25.3. The first kappa shape index (κ1) is 25.7. The van der Waals surface area contributed by atoms with Crippen molar-refractivity contribution in [2.24, 2.45) is 10.3 Å². The average Bonchev–Trinajstić information content (AvgIpc) is 2.72. The van der Waals surface area contributed by atoms with Gasteiger partial charge < -0.3 is 14.8 Å². The topological polar surface area (TPSA) is 94.1 Å². The van der Waals surface area contributed by atoms with Crippen LogP contribution in [0.1, 0.15) is 41.0 Å². The number of carbonyl (C=O) groups excluding carboxylic acids is 2. The second-order valence-corrected chi connectivity index (χ2v) is 9.97. The smallest absolute Gasteiger partial charge is 0.408 e. The summed E-state index contributed by atoms with van der Waals surface area (Å²) in [6.07, 6.45) is -0.108. The molecule has 0 saturated heterocycles. The molecule has 2 rings (SSSR count). The molecule has 0 heterocycles. The number of nitrogens with one attached hydrogen (secondary N) is 1. The van der Waals surface area contributed by atoms with E-state index in [2.05, 4.69) is 9.68 Å². The molecule has 0 fully saturated rings. The molecule has 2 aromatic rings. The number of hydrogen-bond donors (Lipinski definition) is 2. The Morgan fingerprint density at radius 2 is 1.78 bits per heavy atom. The van der Waals surface area contributed by atoms with Crippen LogP contribution in [0, 0.1) is 5.92 Å². The van der Waals surface area contributed by atoms with E-state index in [0.717, 1.165) is 0 Å². The highest BCUT2D eigenvalue weighted by Crippen LogP contribution is 2.24. The van der Waals surface area contributed by atoms with Gasteiger partial charge in [0.2, 0.25) is 0 Å². The van der Waals surface area contributed by atoms with Crippen LogP contribution in [0.2, 0.25) is 5.02 Å². The lowest BCUT2D eigenvalue weighted by Gasteiger charge is -2.24. The van der Waals surface area contributed by atoms with Crippen LogP contribution in [0.4, 0.5) is 4.79 Å². The summed E-state index contributed by atoms with van der Waals surface area (Å²) in [6.45, 7) is 8.88. The maximum Gasteiger partial charge on any atom is 0.408 e. The van der Waals surface area contributed by atoms with Crippen molar-refractivity contribution in [1.82, 2.24) is 5.32 Å². The summed E-state index contributed by atoms with van der Waals surface area (Å²) in [5.74, 6) is 0.117. The van der Waals surface area contributed by atoms with Crippen LogP contribution in [-0.2, 0) is 20.1 Å². The summed E-state index contributed by atoms with van der Waals surface area (Å²) < 4.78 is 27.6. The van der Waals surface area contributed by atoms with Crippen LogP contribution < -0.4 is 10.1 Å². The van der Waals surface area contributed by atoms with Crippen molar-refractivity contribution in [2.45, 2.75) is 57.6 Å². The quantitative estimate of drug-likeness (QED) is 0.501. The normalized spacial score (nSPS) is 14.3. The molecule has 174 valence electrons. The van der Waals surface area contributed by atoms with E-state index >= 15 is 0 Å². The number of benzene rings is 2. The molecule has 0 saturated carbocycles. The van der Waals surface area contributed by atoms with Crippen molar-refractivity contribution in [3.8, 4) is 11.5 Å². The standard InChI is InChI=1S/C23H29ClN2O5S/c1-6-15(2)20(25-22(28)31-23(3,4)5)21(27)26-32(29)19-9-7-8-18(14-19)30-17-12-10-16(24)11-13-17/h7-15,20,32H,6H2,1-5H3,(H,25,28)/t15-,20-/m0/s1. The first-order valence-electron chi connectivity index (χ1n) is 10.2. The first-order chi connectivity index (χ1) is 15.0. The molecule has 0 radical (unpaired) electrons. The maximum atomic E-state index is 12.8. The second-order valence-electron chi connectivity index (χ2n) is 8.27. The van der Waals surface area contributed by atoms with E-state index in [0.29, 0.717) is 27.8 Å². The minimum atomic E-state index is -2.39. The Labute approximate surface area is 195 Å². The number of alkyl carbamates (subject to hydrolysis) is 1. The predicted octanol–water partition coefficient (Wildman–Crippen LogP) is 5.62. The Kier molecular flexibility index (Phi) is 9.09. The maximum absolute atomic E-state index is 12.8. The Bertz CT molecular complexity index is 1030. The van der Waals surface area contributed by atoms with Gasteiger partial charge in [0, 0.05) is 9.92 Å². The molecule has 0 spiro atoms. The molecule has 1 N–H and O–H groups in total. The van der Waals surface area contributed by atoms with Gasteiger partial charge >= 0.3 is 6.09 Å². The van der Waals surface area contributed by atoms with Crippen molar-refractivity contribution in [2.75, 3.05) is 0 Å². The molecular weight excluding hydrogens is 452 g/mol. The van der Waals surface area contributed by atoms with Crippen LogP contribution >= 0.6 is 11.6 Å². The number of halogens is 1. The lowest BCUT2D eigenvalue weighted by atomic mass is 9.99. The van der Waals surface area contributed by atoms with Gasteiger partial charge in [0.15, 0.2) is 0 Å². The van der Waals surface area contributed by atoms with E-state index < -0.39 is 34.2 Å². The summed E-state index contributed by atoms with van der Waals surface area (Å²) in [6, 6.07) is 12.4. The average molecular weight is 481 g/mol. The van der Waals surface area contributed by atoms with E-state index in [1.165, 1.54) is 0 Å². The monoisotopic (exact) mass is 480 g/mol. The van der Waals surface area contributed by atoms with E-state index in [1.807, 2.05) is 13.8 Å². The fourth-order valence-electron chi connectivity index (χ4n) is 2.63. The zero-order valence-electron chi connectivity index (χ0n) is 18.8. The zero-order valence-corrected chi connectivity index (χ0v) is 20.4. The highest BCUT2D eigenvalue weighted by molar-refractivity contribution is 7.75. The molecule has 0 aliphatic carbocycles. The van der Waals surface area contributed by atoms with Crippen molar-refractivity contribution in [1.29, 1.82) is 0 Å². The van der Waals surface area contributed by atoms with E-state index in [-0.39, 0.29) is 5.92 Å². The summed E-state index contributed by atoms with van der Waals surface area (Å²) in [7, 11) is -2.39. The molecule has 7 nitrogen and oxygen atoms in total. The number of amides is 2. The molecule has 32 heavy (non-hydrogen) atoms. The summed E-state index contributed by atoms with van der Waals surface area (Å²) in [5, 5.41) is 3.15. The Morgan fingerprint density at radius 1 is 1.12 bits per heavy atom. The number of thiol groups is 1. The van der Waals surface area contributed by atoms with Gasteiger partial charge in [-0.05, 0) is 69.2 Å². The minimum Gasteiger partial charge on any atom is -0.457 e. The van der Waals surface area contributed by atoms with Gasteiger partial charge in [-0.15, -0.1) is 0 Å². The van der Waals surface area contributed by atoms with E-state index in [4.69, 9.17) is 21.1 Å². The molecule has 1 unspecified atom stereocenters.